The van der Waals surface area contributed by atoms with Gasteiger partial charge in [-0.15, -0.1) is 0 Å². The molecule has 19 heavy (non-hydrogen) atoms. The number of nitrogens with zero attached hydrogens (tertiary/aromatic N) is 1. The largest absolute Gasteiger partial charge is 0.374 e. The SMILES string of the molecule is Cc1ccc(N(C)CC2(CN)CCCCCC2)cc1. The lowest BCUT2D eigenvalue weighted by Gasteiger charge is -2.36. The molecule has 0 saturated heterocycles. The van der Waals surface area contributed by atoms with Crippen LogP contribution in [0.15, 0.2) is 24.3 Å². The Balaban J connectivity index is 2.06. The van der Waals surface area contributed by atoms with Gasteiger partial charge in [-0.1, -0.05) is 43.4 Å². The second kappa shape index (κ2) is 6.42. The van der Waals surface area contributed by atoms with Gasteiger partial charge in [0, 0.05) is 24.7 Å². The molecule has 0 heterocycles. The van der Waals surface area contributed by atoms with Crippen LogP contribution in [0.2, 0.25) is 0 Å². The molecular weight excluding hydrogens is 232 g/mol. The van der Waals surface area contributed by atoms with Crippen LogP contribution in [0, 0.1) is 12.3 Å². The summed E-state index contributed by atoms with van der Waals surface area (Å²) < 4.78 is 0. The van der Waals surface area contributed by atoms with Crippen molar-refractivity contribution in [2.45, 2.75) is 45.4 Å². The molecule has 0 aromatic heterocycles. The smallest absolute Gasteiger partial charge is 0.0363 e. The molecule has 106 valence electrons. The van der Waals surface area contributed by atoms with Crippen LogP contribution in [0.3, 0.4) is 0 Å². The molecule has 2 N–H and O–H groups in total. The van der Waals surface area contributed by atoms with Gasteiger partial charge in [0.1, 0.15) is 0 Å². The molecule has 1 aromatic carbocycles. The maximum Gasteiger partial charge on any atom is 0.0363 e. The second-order valence-corrected chi connectivity index (χ2v) is 6.31. The minimum atomic E-state index is 0.330. The lowest BCUT2D eigenvalue weighted by atomic mass is 9.80. The maximum atomic E-state index is 6.13. The van der Waals surface area contributed by atoms with Gasteiger partial charge in [-0.25, -0.2) is 0 Å². The van der Waals surface area contributed by atoms with Gasteiger partial charge in [-0.2, -0.15) is 0 Å². The molecule has 0 spiro atoms. The summed E-state index contributed by atoms with van der Waals surface area (Å²) in [5.74, 6) is 0. The highest BCUT2D eigenvalue weighted by Gasteiger charge is 2.30. The van der Waals surface area contributed by atoms with Crippen LogP contribution in [0.4, 0.5) is 5.69 Å². The van der Waals surface area contributed by atoms with E-state index in [1.165, 1.54) is 49.8 Å². The van der Waals surface area contributed by atoms with E-state index in [1.807, 2.05) is 0 Å². The summed E-state index contributed by atoms with van der Waals surface area (Å²) in [6, 6.07) is 8.81. The molecular formula is C17H28N2. The molecule has 2 heteroatoms. The predicted octanol–water partition coefficient (Wildman–Crippen LogP) is 3.73. The third kappa shape index (κ3) is 3.73. The molecule has 1 fully saturated rings. The Hall–Kier alpha value is -1.02. The van der Waals surface area contributed by atoms with Gasteiger partial charge < -0.3 is 10.6 Å². The van der Waals surface area contributed by atoms with Crippen LogP contribution in [0.25, 0.3) is 0 Å². The topological polar surface area (TPSA) is 29.3 Å². The molecule has 1 aliphatic rings. The van der Waals surface area contributed by atoms with Crippen molar-refractivity contribution in [2.75, 3.05) is 25.0 Å². The zero-order valence-electron chi connectivity index (χ0n) is 12.5. The van der Waals surface area contributed by atoms with Crippen LogP contribution >= 0.6 is 0 Å². The summed E-state index contributed by atoms with van der Waals surface area (Å²) in [5.41, 5.74) is 9.09. The number of hydrogen-bond acceptors (Lipinski definition) is 2. The van der Waals surface area contributed by atoms with E-state index in [0.717, 1.165) is 13.1 Å². The monoisotopic (exact) mass is 260 g/mol. The van der Waals surface area contributed by atoms with Crippen molar-refractivity contribution < 1.29 is 0 Å². The Morgan fingerprint density at radius 2 is 1.63 bits per heavy atom. The van der Waals surface area contributed by atoms with Crippen molar-refractivity contribution in [1.29, 1.82) is 0 Å². The van der Waals surface area contributed by atoms with Gasteiger partial charge in [-0.3, -0.25) is 0 Å². The van der Waals surface area contributed by atoms with Crippen LogP contribution in [-0.2, 0) is 0 Å². The van der Waals surface area contributed by atoms with E-state index in [4.69, 9.17) is 5.73 Å². The fourth-order valence-corrected chi connectivity index (χ4v) is 3.30. The predicted molar refractivity (Wildman–Crippen MR) is 83.6 cm³/mol. The number of benzene rings is 1. The van der Waals surface area contributed by atoms with Crippen molar-refractivity contribution in [2.24, 2.45) is 11.1 Å². The van der Waals surface area contributed by atoms with Crippen molar-refractivity contribution in [3.8, 4) is 0 Å². The van der Waals surface area contributed by atoms with E-state index in [1.54, 1.807) is 0 Å². The van der Waals surface area contributed by atoms with E-state index in [0.29, 0.717) is 5.41 Å². The first-order valence-corrected chi connectivity index (χ1v) is 7.63. The highest BCUT2D eigenvalue weighted by Crippen LogP contribution is 2.35. The lowest BCUT2D eigenvalue weighted by Crippen LogP contribution is -2.41. The summed E-state index contributed by atoms with van der Waals surface area (Å²) in [4.78, 5) is 2.39. The number of hydrogen-bond donors (Lipinski definition) is 1. The number of nitrogens with two attached hydrogens (primary N) is 1. The van der Waals surface area contributed by atoms with Gasteiger partial charge in [0.25, 0.3) is 0 Å². The van der Waals surface area contributed by atoms with E-state index in [2.05, 4.69) is 43.1 Å². The molecule has 0 bridgehead atoms. The fourth-order valence-electron chi connectivity index (χ4n) is 3.30. The molecule has 2 rings (SSSR count). The van der Waals surface area contributed by atoms with E-state index >= 15 is 0 Å². The van der Waals surface area contributed by atoms with Crippen LogP contribution in [-0.4, -0.2) is 20.1 Å². The van der Waals surface area contributed by atoms with Gasteiger partial charge in [-0.05, 0) is 38.4 Å². The third-order valence-electron chi connectivity index (χ3n) is 4.64. The van der Waals surface area contributed by atoms with Crippen LogP contribution in [0.1, 0.15) is 44.1 Å². The standard InChI is InChI=1S/C17H28N2/c1-15-7-9-16(10-8-15)19(2)14-17(13-18)11-5-3-4-6-12-17/h7-10H,3-6,11-14,18H2,1-2H3. The molecule has 0 aliphatic heterocycles. The molecule has 1 aromatic rings. The molecule has 0 unspecified atom stereocenters. The molecule has 1 aliphatic carbocycles. The Morgan fingerprint density at radius 3 is 2.16 bits per heavy atom. The quantitative estimate of drug-likeness (QED) is 0.836. The maximum absolute atomic E-state index is 6.13. The Bertz CT molecular complexity index is 375. The average Bonchev–Trinajstić information content (AvgIpc) is 2.65. The number of aryl methyl sites for hydroxylation is 1. The normalized spacial score (nSPS) is 18.9. The van der Waals surface area contributed by atoms with Gasteiger partial charge >= 0.3 is 0 Å². The Morgan fingerprint density at radius 1 is 1.05 bits per heavy atom. The van der Waals surface area contributed by atoms with Gasteiger partial charge in [0.15, 0.2) is 0 Å². The van der Waals surface area contributed by atoms with E-state index in [9.17, 15) is 0 Å². The molecule has 1 saturated carbocycles. The van der Waals surface area contributed by atoms with Crippen LogP contribution < -0.4 is 10.6 Å². The van der Waals surface area contributed by atoms with Crippen molar-refractivity contribution >= 4 is 5.69 Å². The molecule has 2 nitrogen and oxygen atoms in total. The lowest BCUT2D eigenvalue weighted by molar-refractivity contribution is 0.262. The van der Waals surface area contributed by atoms with Crippen LogP contribution in [0.5, 0.6) is 0 Å². The van der Waals surface area contributed by atoms with E-state index < -0.39 is 0 Å². The third-order valence-corrected chi connectivity index (χ3v) is 4.64. The highest BCUT2D eigenvalue weighted by atomic mass is 15.1. The average molecular weight is 260 g/mol. The van der Waals surface area contributed by atoms with Gasteiger partial charge in [0.2, 0.25) is 0 Å². The zero-order chi connectivity index (χ0) is 13.7. The summed E-state index contributed by atoms with van der Waals surface area (Å²) in [6.07, 6.45) is 8.04. The molecule has 0 atom stereocenters. The zero-order valence-corrected chi connectivity index (χ0v) is 12.5. The first-order valence-electron chi connectivity index (χ1n) is 7.63. The summed E-state index contributed by atoms with van der Waals surface area (Å²) in [5, 5.41) is 0. The fraction of sp³-hybridized carbons (Fsp3) is 0.647. The minimum Gasteiger partial charge on any atom is -0.374 e. The Kier molecular flexibility index (Phi) is 4.87. The minimum absolute atomic E-state index is 0.330. The second-order valence-electron chi connectivity index (χ2n) is 6.31. The van der Waals surface area contributed by atoms with Crippen molar-refractivity contribution in [3.63, 3.8) is 0 Å². The van der Waals surface area contributed by atoms with Gasteiger partial charge in [0.05, 0.1) is 0 Å². The summed E-state index contributed by atoms with van der Waals surface area (Å²) in [6.45, 7) is 4.05. The number of anilines is 1. The molecule has 0 radical (unpaired) electrons. The summed E-state index contributed by atoms with van der Waals surface area (Å²) in [7, 11) is 2.20. The van der Waals surface area contributed by atoms with Crippen molar-refractivity contribution in [1.82, 2.24) is 0 Å². The summed E-state index contributed by atoms with van der Waals surface area (Å²) >= 11 is 0. The molecule has 0 amide bonds. The number of rotatable bonds is 4. The first kappa shape index (κ1) is 14.4. The highest BCUT2D eigenvalue weighted by molar-refractivity contribution is 5.46. The van der Waals surface area contributed by atoms with Crippen molar-refractivity contribution in [3.05, 3.63) is 29.8 Å². The first-order chi connectivity index (χ1) is 9.15. The van der Waals surface area contributed by atoms with E-state index in [-0.39, 0.29) is 0 Å². The Labute approximate surface area is 118 Å².